The fraction of sp³-hybridized carbons (Fsp3) is 0.250. The first-order chi connectivity index (χ1) is 3.41. The van der Waals surface area contributed by atoms with Gasteiger partial charge in [0.15, 0.2) is 0 Å². The van der Waals surface area contributed by atoms with Crippen LogP contribution in [0.15, 0.2) is 17.1 Å². The molecule has 0 rings (SSSR count). The second kappa shape index (κ2) is 5.56. The van der Waals surface area contributed by atoms with Gasteiger partial charge in [-0.25, -0.2) is 0 Å². The minimum atomic E-state index is 1.44. The van der Waals surface area contributed by atoms with Gasteiger partial charge in [-0.2, -0.15) is 5.10 Å². The van der Waals surface area contributed by atoms with E-state index in [0.717, 1.165) is 0 Å². The number of hydrogen-bond donors (Lipinski definition) is 1. The van der Waals surface area contributed by atoms with Crippen molar-refractivity contribution in [1.29, 1.82) is 0 Å². The Morgan fingerprint density at radius 2 is 2.57 bits per heavy atom. The number of nitrogens with one attached hydrogen (secondary N) is 1. The van der Waals surface area contributed by atoms with Crippen molar-refractivity contribution in [2.75, 3.05) is 7.05 Å². The highest BCUT2D eigenvalue weighted by molar-refractivity contribution is 8.14. The van der Waals surface area contributed by atoms with Crippen molar-refractivity contribution in [3.05, 3.63) is 12.0 Å². The quantitative estimate of drug-likeness (QED) is 0.338. The Hall–Kier alpha value is -0.440. The van der Waals surface area contributed by atoms with Crippen LogP contribution in [0.2, 0.25) is 0 Å². The van der Waals surface area contributed by atoms with E-state index in [1.807, 2.05) is 0 Å². The Bertz CT molecular complexity index is 70.1. The molecule has 0 aromatic heterocycles. The summed E-state index contributed by atoms with van der Waals surface area (Å²) in [6.45, 7) is 3.48. The van der Waals surface area contributed by atoms with Gasteiger partial charge in [0.1, 0.15) is 0 Å². The van der Waals surface area contributed by atoms with Crippen LogP contribution >= 0.6 is 11.8 Å². The highest BCUT2D eigenvalue weighted by Gasteiger charge is 1.62. The monoisotopic (exact) mass is 116 g/mol. The van der Waals surface area contributed by atoms with Gasteiger partial charge in [-0.3, -0.25) is 0 Å². The molecule has 0 heterocycles. The third-order valence-electron chi connectivity index (χ3n) is 0.339. The van der Waals surface area contributed by atoms with E-state index in [1.165, 1.54) is 11.8 Å². The second-order valence-corrected chi connectivity index (χ2v) is 1.58. The summed E-state index contributed by atoms with van der Waals surface area (Å²) in [7, 11) is 1.75. The average Bonchev–Trinajstić information content (AvgIpc) is 1.69. The van der Waals surface area contributed by atoms with Crippen molar-refractivity contribution in [3.8, 4) is 0 Å². The molecule has 0 bridgehead atoms. The first-order valence-electron chi connectivity index (χ1n) is 1.86. The van der Waals surface area contributed by atoms with Gasteiger partial charge in [-0.05, 0) is 5.41 Å². The molecule has 0 saturated carbocycles. The molecule has 0 atom stereocenters. The lowest BCUT2D eigenvalue weighted by molar-refractivity contribution is 0.911. The first kappa shape index (κ1) is 6.56. The standard InChI is InChI=1S/C4H8N2S/c1-3-7-4-6-5-2/h3-5H,1H2,2H3/b6-4-. The van der Waals surface area contributed by atoms with Crippen LogP contribution in [0, 0.1) is 0 Å². The average molecular weight is 116 g/mol. The molecule has 0 aromatic carbocycles. The lowest BCUT2D eigenvalue weighted by Gasteiger charge is -1.80. The lowest BCUT2D eigenvalue weighted by atomic mass is 11.3. The van der Waals surface area contributed by atoms with Crippen molar-refractivity contribution >= 4 is 17.3 Å². The van der Waals surface area contributed by atoms with Crippen LogP contribution in [-0.4, -0.2) is 12.6 Å². The van der Waals surface area contributed by atoms with Gasteiger partial charge in [0.25, 0.3) is 0 Å². The maximum absolute atomic E-state index is 3.68. The predicted octanol–water partition coefficient (Wildman–Crippen LogP) is 1.03. The summed E-state index contributed by atoms with van der Waals surface area (Å²) in [6, 6.07) is 0. The highest BCUT2D eigenvalue weighted by atomic mass is 32.2. The van der Waals surface area contributed by atoms with Crippen LogP contribution < -0.4 is 5.43 Å². The SMILES string of the molecule is C=CS/C=N\NC. The molecule has 0 saturated heterocycles. The van der Waals surface area contributed by atoms with Crippen molar-refractivity contribution < 1.29 is 0 Å². The van der Waals surface area contributed by atoms with E-state index in [0.29, 0.717) is 0 Å². The summed E-state index contributed by atoms with van der Waals surface area (Å²) >= 11 is 1.44. The number of thioether (sulfide) groups is 1. The van der Waals surface area contributed by atoms with Crippen molar-refractivity contribution in [2.24, 2.45) is 5.10 Å². The van der Waals surface area contributed by atoms with Crippen LogP contribution in [0.3, 0.4) is 0 Å². The number of hydrogen-bond acceptors (Lipinski definition) is 3. The summed E-state index contributed by atoms with van der Waals surface area (Å²) in [5, 5.41) is 5.39. The molecule has 0 aliphatic carbocycles. The molecule has 2 nitrogen and oxygen atoms in total. The third kappa shape index (κ3) is 5.56. The third-order valence-corrected chi connectivity index (χ3v) is 0.758. The first-order valence-corrected chi connectivity index (χ1v) is 2.80. The summed E-state index contributed by atoms with van der Waals surface area (Å²) < 4.78 is 0. The molecular weight excluding hydrogens is 108 g/mol. The van der Waals surface area contributed by atoms with Gasteiger partial charge < -0.3 is 5.43 Å². The predicted molar refractivity (Wildman–Crippen MR) is 35.3 cm³/mol. The van der Waals surface area contributed by atoms with E-state index in [-0.39, 0.29) is 0 Å². The maximum atomic E-state index is 3.68. The maximum Gasteiger partial charge on any atom is 0.0838 e. The summed E-state index contributed by atoms with van der Waals surface area (Å²) in [5.41, 5.74) is 4.28. The second-order valence-electron chi connectivity index (χ2n) is 0.761. The molecule has 0 amide bonds. The Labute approximate surface area is 47.7 Å². The smallest absolute Gasteiger partial charge is 0.0838 e. The molecule has 0 radical (unpaired) electrons. The number of hydrazone groups is 1. The van der Waals surface area contributed by atoms with Crippen LogP contribution in [0.5, 0.6) is 0 Å². The molecule has 3 heteroatoms. The molecule has 7 heavy (non-hydrogen) atoms. The molecular formula is C4H8N2S. The van der Waals surface area contributed by atoms with Gasteiger partial charge in [-0.1, -0.05) is 18.3 Å². The molecule has 0 aliphatic rings. The van der Waals surface area contributed by atoms with Crippen molar-refractivity contribution in [2.45, 2.75) is 0 Å². The Balaban J connectivity index is 2.92. The van der Waals surface area contributed by atoms with Gasteiger partial charge in [0.2, 0.25) is 0 Å². The molecule has 0 spiro atoms. The minimum absolute atomic E-state index is 1.44. The molecule has 40 valence electrons. The van der Waals surface area contributed by atoms with E-state index in [2.05, 4.69) is 17.1 Å². The topological polar surface area (TPSA) is 24.4 Å². The summed E-state index contributed by atoms with van der Waals surface area (Å²) in [4.78, 5) is 0. The van der Waals surface area contributed by atoms with E-state index >= 15 is 0 Å². The Morgan fingerprint density at radius 1 is 1.86 bits per heavy atom. The minimum Gasteiger partial charge on any atom is -0.313 e. The fourth-order valence-electron chi connectivity index (χ4n) is 0.126. The van der Waals surface area contributed by atoms with Crippen LogP contribution in [0.4, 0.5) is 0 Å². The van der Waals surface area contributed by atoms with Gasteiger partial charge in [0.05, 0.1) is 5.55 Å². The molecule has 0 unspecified atom stereocenters. The van der Waals surface area contributed by atoms with Gasteiger partial charge in [0, 0.05) is 7.05 Å². The summed E-state index contributed by atoms with van der Waals surface area (Å²) in [5.74, 6) is 0. The highest BCUT2D eigenvalue weighted by Crippen LogP contribution is 1.90. The number of nitrogens with zero attached hydrogens (tertiary/aromatic N) is 1. The Kier molecular flexibility index (Phi) is 5.21. The normalized spacial score (nSPS) is 9.29. The van der Waals surface area contributed by atoms with Crippen LogP contribution in [-0.2, 0) is 0 Å². The van der Waals surface area contributed by atoms with E-state index in [1.54, 1.807) is 18.0 Å². The Morgan fingerprint density at radius 3 is 3.00 bits per heavy atom. The van der Waals surface area contributed by atoms with Crippen LogP contribution in [0.1, 0.15) is 0 Å². The fourth-order valence-corrected chi connectivity index (χ4v) is 0.379. The molecule has 0 aliphatic heterocycles. The van der Waals surface area contributed by atoms with Crippen LogP contribution in [0.25, 0.3) is 0 Å². The van der Waals surface area contributed by atoms with Crippen molar-refractivity contribution in [3.63, 3.8) is 0 Å². The van der Waals surface area contributed by atoms with E-state index < -0.39 is 0 Å². The molecule has 0 aromatic rings. The summed E-state index contributed by atoms with van der Waals surface area (Å²) in [6.07, 6.45) is 0. The van der Waals surface area contributed by atoms with Crippen molar-refractivity contribution in [1.82, 2.24) is 5.43 Å². The van der Waals surface area contributed by atoms with Gasteiger partial charge in [-0.15, -0.1) is 0 Å². The zero-order valence-corrected chi connectivity index (χ0v) is 5.03. The number of rotatable bonds is 3. The molecule has 0 fully saturated rings. The zero-order chi connectivity index (χ0) is 5.54. The van der Waals surface area contributed by atoms with E-state index in [4.69, 9.17) is 0 Å². The van der Waals surface area contributed by atoms with E-state index in [9.17, 15) is 0 Å². The zero-order valence-electron chi connectivity index (χ0n) is 4.22. The molecule has 1 N–H and O–H groups in total. The van der Waals surface area contributed by atoms with Gasteiger partial charge >= 0.3 is 0 Å². The lowest BCUT2D eigenvalue weighted by Crippen LogP contribution is -1.90. The largest absolute Gasteiger partial charge is 0.313 e.